The zero-order valence-corrected chi connectivity index (χ0v) is 18.2. The topological polar surface area (TPSA) is 84.8 Å². The highest BCUT2D eigenvalue weighted by Gasteiger charge is 2.30. The molecule has 0 aliphatic carbocycles. The molecule has 7 nitrogen and oxygen atoms in total. The van der Waals surface area contributed by atoms with Gasteiger partial charge in [0.05, 0.1) is 12.6 Å². The molecule has 1 aromatic carbocycles. The summed E-state index contributed by atoms with van der Waals surface area (Å²) < 4.78 is 44.8. The Morgan fingerprint density at radius 3 is 2.61 bits per heavy atom. The second-order valence-electron chi connectivity index (χ2n) is 7.52. The molecule has 31 heavy (non-hydrogen) atoms. The Morgan fingerprint density at radius 2 is 1.94 bits per heavy atom. The van der Waals surface area contributed by atoms with Crippen LogP contribution >= 0.6 is 7.14 Å². The summed E-state index contributed by atoms with van der Waals surface area (Å²) in [6.45, 7) is 7.31. The lowest BCUT2D eigenvalue weighted by Crippen LogP contribution is -2.28. The first-order valence-corrected chi connectivity index (χ1v) is 12.3. The van der Waals surface area contributed by atoms with Crippen molar-refractivity contribution in [2.24, 2.45) is 5.10 Å². The maximum absolute atomic E-state index is 13.6. The summed E-state index contributed by atoms with van der Waals surface area (Å²) >= 11 is 0. The Bertz CT molecular complexity index is 1050. The molecule has 1 unspecified atom stereocenters. The fourth-order valence-electron chi connectivity index (χ4n) is 3.09. The Hall–Kier alpha value is -2.93. The number of carbonyl (C=O) groups is 1. The van der Waals surface area contributed by atoms with Gasteiger partial charge in [-0.15, -0.1) is 0 Å². The number of benzene rings is 1. The van der Waals surface area contributed by atoms with Crippen LogP contribution in [0.5, 0.6) is 5.88 Å². The van der Waals surface area contributed by atoms with Crippen molar-refractivity contribution >= 4 is 24.7 Å². The molecule has 2 aromatic rings. The van der Waals surface area contributed by atoms with Crippen LogP contribution in [0, 0.1) is 11.6 Å². The van der Waals surface area contributed by atoms with E-state index in [2.05, 4.69) is 21.6 Å². The maximum atomic E-state index is 13.6. The smallest absolute Gasteiger partial charge is 0.269 e. The van der Waals surface area contributed by atoms with Crippen molar-refractivity contribution in [1.29, 1.82) is 0 Å². The van der Waals surface area contributed by atoms with Crippen LogP contribution < -0.4 is 10.2 Å². The van der Waals surface area contributed by atoms with E-state index in [-0.39, 0.29) is 6.61 Å². The van der Waals surface area contributed by atoms with Crippen LogP contribution in [0.25, 0.3) is 0 Å². The van der Waals surface area contributed by atoms with Gasteiger partial charge in [0.15, 0.2) is 0 Å². The van der Waals surface area contributed by atoms with Gasteiger partial charge >= 0.3 is 0 Å². The fraction of sp³-hybridized carbons (Fsp3) is 0.333. The van der Waals surface area contributed by atoms with E-state index in [1.807, 2.05) is 0 Å². The Labute approximate surface area is 179 Å². The molecular formula is C21H23F2N4O3P. The van der Waals surface area contributed by atoms with E-state index in [4.69, 9.17) is 4.74 Å². The highest BCUT2D eigenvalue weighted by Crippen LogP contribution is 2.34. The van der Waals surface area contributed by atoms with Crippen LogP contribution in [0.15, 0.2) is 47.8 Å². The number of amides is 1. The van der Waals surface area contributed by atoms with Crippen LogP contribution in [-0.2, 0) is 9.36 Å². The summed E-state index contributed by atoms with van der Waals surface area (Å²) in [5.41, 5.74) is 1.08. The zero-order chi connectivity index (χ0) is 22.6. The van der Waals surface area contributed by atoms with E-state index >= 15 is 0 Å². The zero-order valence-electron chi connectivity index (χ0n) is 17.3. The Kier molecular flexibility index (Phi) is 6.95. The number of nitrogens with zero attached hydrogens (tertiary/aromatic N) is 4. The fourth-order valence-corrected chi connectivity index (χ4v) is 3.84. The van der Waals surface area contributed by atoms with Gasteiger partial charge in [-0.2, -0.15) is 5.10 Å². The minimum atomic E-state index is -2.52. The third-order valence-electron chi connectivity index (χ3n) is 4.66. The highest BCUT2D eigenvalue weighted by molar-refractivity contribution is 7.69. The minimum absolute atomic E-state index is 0.266. The summed E-state index contributed by atoms with van der Waals surface area (Å²) in [5.74, 6) is -1.52. The predicted octanol–water partition coefficient (Wildman–Crippen LogP) is 3.68. The van der Waals surface area contributed by atoms with Crippen molar-refractivity contribution in [3.63, 3.8) is 0 Å². The third kappa shape index (κ3) is 5.82. The summed E-state index contributed by atoms with van der Waals surface area (Å²) in [6, 6.07) is 4.14. The number of carbonyl (C=O) groups excluding carboxylic acids is 1. The van der Waals surface area contributed by atoms with E-state index in [0.717, 1.165) is 6.07 Å². The molecule has 0 radical (unpaired) electrons. The number of ether oxygens (including phenoxy) is 1. The van der Waals surface area contributed by atoms with E-state index < -0.39 is 30.7 Å². The second kappa shape index (κ2) is 9.47. The first kappa shape index (κ1) is 22.7. The molecule has 1 aliphatic rings. The molecule has 1 amide bonds. The lowest BCUT2D eigenvalue weighted by Gasteiger charge is -2.23. The summed E-state index contributed by atoms with van der Waals surface area (Å²) in [7, 11) is -2.52. The average molecular weight is 448 g/mol. The molecule has 0 fully saturated rings. The molecule has 10 heteroatoms. The highest BCUT2D eigenvalue weighted by atomic mass is 31.2. The molecule has 0 saturated carbocycles. The number of halogens is 2. The lowest BCUT2D eigenvalue weighted by atomic mass is 10.0. The summed E-state index contributed by atoms with van der Waals surface area (Å²) in [4.78, 5) is 20.7. The molecule has 0 bridgehead atoms. The van der Waals surface area contributed by atoms with Gasteiger partial charge < -0.3 is 9.30 Å². The third-order valence-corrected chi connectivity index (χ3v) is 6.01. The van der Waals surface area contributed by atoms with Gasteiger partial charge in [-0.05, 0) is 43.9 Å². The molecule has 1 aliphatic heterocycles. The van der Waals surface area contributed by atoms with Crippen LogP contribution in [0.3, 0.4) is 0 Å². The number of hydrogen-bond acceptors (Lipinski definition) is 6. The van der Waals surface area contributed by atoms with Crippen molar-refractivity contribution in [2.45, 2.75) is 25.3 Å². The summed E-state index contributed by atoms with van der Waals surface area (Å²) in [5, 5.41) is 5.26. The van der Waals surface area contributed by atoms with E-state index in [9.17, 15) is 18.1 Å². The minimum Gasteiger partial charge on any atom is -0.478 e. The molecule has 0 saturated heterocycles. The normalized spacial score (nSPS) is 15.9. The molecule has 0 spiro atoms. The van der Waals surface area contributed by atoms with Crippen molar-refractivity contribution in [3.05, 3.63) is 59.9 Å². The molecule has 3 rings (SSSR count). The van der Waals surface area contributed by atoms with Crippen molar-refractivity contribution in [3.8, 4) is 5.88 Å². The van der Waals surface area contributed by atoms with Gasteiger partial charge in [0.2, 0.25) is 5.88 Å². The van der Waals surface area contributed by atoms with Gasteiger partial charge in [0.25, 0.3) is 5.91 Å². The van der Waals surface area contributed by atoms with Crippen LogP contribution in [0.4, 0.5) is 8.78 Å². The standard InChI is InChI=1S/C21H23F2N4O3P/c1-14(5-4-8-30-19-12-20(25-13-24-19)31(2,3)29)21(28)27-18(6-7-26-27)15-9-16(22)11-17(23)10-15/h7,9-13,18H,1,4-6,8H2,2-3H3. The number of aromatic nitrogens is 2. The SMILES string of the molecule is C=C(CCCOc1cc(P(C)(C)=O)ncn1)C(=O)N1N=CCC1c1cc(F)cc(F)c1. The number of hydrogen-bond donors (Lipinski definition) is 0. The average Bonchev–Trinajstić information content (AvgIpc) is 3.19. The van der Waals surface area contributed by atoms with Crippen LogP contribution in [0.1, 0.15) is 30.9 Å². The molecular weight excluding hydrogens is 425 g/mol. The van der Waals surface area contributed by atoms with Gasteiger partial charge in [-0.25, -0.2) is 23.8 Å². The van der Waals surface area contributed by atoms with Crippen molar-refractivity contribution < 1.29 is 22.9 Å². The monoisotopic (exact) mass is 448 g/mol. The number of hydrazone groups is 1. The molecule has 1 atom stereocenters. The molecule has 0 N–H and O–H groups in total. The Morgan fingerprint density at radius 1 is 1.23 bits per heavy atom. The molecule has 2 heterocycles. The van der Waals surface area contributed by atoms with E-state index in [0.29, 0.717) is 41.7 Å². The number of rotatable bonds is 8. The van der Waals surface area contributed by atoms with Crippen LogP contribution in [0.2, 0.25) is 0 Å². The Balaban J connectivity index is 1.54. The van der Waals surface area contributed by atoms with Crippen molar-refractivity contribution in [1.82, 2.24) is 15.0 Å². The lowest BCUT2D eigenvalue weighted by molar-refractivity contribution is -0.129. The largest absolute Gasteiger partial charge is 0.478 e. The maximum Gasteiger partial charge on any atom is 0.269 e. The van der Waals surface area contributed by atoms with Gasteiger partial charge in [-0.3, -0.25) is 4.79 Å². The van der Waals surface area contributed by atoms with E-state index in [1.165, 1.54) is 29.7 Å². The van der Waals surface area contributed by atoms with Gasteiger partial charge in [0.1, 0.15) is 30.5 Å². The second-order valence-corrected chi connectivity index (χ2v) is 10.7. The molecule has 1 aromatic heterocycles. The predicted molar refractivity (Wildman–Crippen MR) is 114 cm³/mol. The van der Waals surface area contributed by atoms with Crippen LogP contribution in [-0.4, -0.2) is 47.0 Å². The summed E-state index contributed by atoms with van der Waals surface area (Å²) in [6.07, 6.45) is 4.02. The van der Waals surface area contributed by atoms with Gasteiger partial charge in [-0.1, -0.05) is 6.58 Å². The first-order chi connectivity index (χ1) is 14.6. The van der Waals surface area contributed by atoms with Crippen molar-refractivity contribution in [2.75, 3.05) is 19.9 Å². The van der Waals surface area contributed by atoms with E-state index in [1.54, 1.807) is 19.4 Å². The first-order valence-electron chi connectivity index (χ1n) is 9.65. The van der Waals surface area contributed by atoms with Gasteiger partial charge in [0, 0.05) is 30.3 Å². The quantitative estimate of drug-likeness (QED) is 0.350. The molecule has 164 valence electrons.